The molecule has 1 saturated heterocycles. The third-order valence-electron chi connectivity index (χ3n) is 4.44. The number of amides is 1. The minimum absolute atomic E-state index is 0.00172. The molecule has 2 fully saturated rings. The summed E-state index contributed by atoms with van der Waals surface area (Å²) in [5, 5.41) is 3.44. The monoisotopic (exact) mass is 270 g/mol. The van der Waals surface area contributed by atoms with Crippen LogP contribution in [0.15, 0.2) is 0 Å². The Kier molecular flexibility index (Phi) is 4.59. The van der Waals surface area contributed by atoms with E-state index in [0.717, 1.165) is 19.4 Å². The van der Waals surface area contributed by atoms with Crippen LogP contribution in [0, 0.1) is 0 Å². The predicted octanol–water partition coefficient (Wildman–Crippen LogP) is 2.61. The van der Waals surface area contributed by atoms with Crippen molar-refractivity contribution < 1.29 is 4.79 Å². The molecule has 1 amide bonds. The van der Waals surface area contributed by atoms with Crippen molar-refractivity contribution in [2.45, 2.75) is 69.3 Å². The SMILES string of the molecule is CCCC1NC(C)C(=O)N1CC1(SC)CCCC1. The summed E-state index contributed by atoms with van der Waals surface area (Å²) in [7, 11) is 0. The molecule has 2 rings (SSSR count). The fourth-order valence-corrected chi connectivity index (χ4v) is 4.27. The maximum absolute atomic E-state index is 12.3. The zero-order valence-electron chi connectivity index (χ0n) is 11.9. The topological polar surface area (TPSA) is 32.3 Å². The van der Waals surface area contributed by atoms with Crippen LogP contribution in [0.2, 0.25) is 0 Å². The lowest BCUT2D eigenvalue weighted by Gasteiger charge is -2.34. The summed E-state index contributed by atoms with van der Waals surface area (Å²) in [5.74, 6) is 0.300. The Balaban J connectivity index is 2.07. The van der Waals surface area contributed by atoms with Crippen LogP contribution in [0.4, 0.5) is 0 Å². The molecular weight excluding hydrogens is 244 g/mol. The average Bonchev–Trinajstić information content (AvgIpc) is 2.92. The molecule has 0 aromatic rings. The van der Waals surface area contributed by atoms with Crippen LogP contribution in [0.3, 0.4) is 0 Å². The summed E-state index contributed by atoms with van der Waals surface area (Å²) in [6.45, 7) is 5.12. The summed E-state index contributed by atoms with van der Waals surface area (Å²) in [6.07, 6.45) is 9.85. The molecule has 0 spiro atoms. The number of rotatable bonds is 5. The first-order valence-corrected chi connectivity index (χ1v) is 8.46. The highest BCUT2D eigenvalue weighted by atomic mass is 32.2. The van der Waals surface area contributed by atoms with Gasteiger partial charge in [-0.2, -0.15) is 11.8 Å². The Morgan fingerprint density at radius 2 is 2.11 bits per heavy atom. The van der Waals surface area contributed by atoms with E-state index in [9.17, 15) is 4.79 Å². The summed E-state index contributed by atoms with van der Waals surface area (Å²) in [6, 6.07) is 0.00172. The summed E-state index contributed by atoms with van der Waals surface area (Å²) >= 11 is 1.97. The van der Waals surface area contributed by atoms with Gasteiger partial charge in [-0.25, -0.2) is 0 Å². The van der Waals surface area contributed by atoms with Crippen molar-refractivity contribution in [2.24, 2.45) is 0 Å². The van der Waals surface area contributed by atoms with E-state index >= 15 is 0 Å². The smallest absolute Gasteiger partial charge is 0.240 e. The van der Waals surface area contributed by atoms with Gasteiger partial charge in [0.25, 0.3) is 0 Å². The van der Waals surface area contributed by atoms with Gasteiger partial charge in [-0.05, 0) is 32.4 Å². The minimum Gasteiger partial charge on any atom is -0.324 e. The normalized spacial score (nSPS) is 31.3. The number of thioether (sulfide) groups is 1. The first-order chi connectivity index (χ1) is 8.62. The van der Waals surface area contributed by atoms with Crippen LogP contribution in [0.1, 0.15) is 52.4 Å². The maximum atomic E-state index is 12.3. The van der Waals surface area contributed by atoms with E-state index in [0.29, 0.717) is 10.7 Å². The Bertz CT molecular complexity index is 302. The van der Waals surface area contributed by atoms with Crippen molar-refractivity contribution >= 4 is 17.7 Å². The number of nitrogens with zero attached hydrogens (tertiary/aromatic N) is 1. The Hall–Kier alpha value is -0.220. The summed E-state index contributed by atoms with van der Waals surface area (Å²) in [4.78, 5) is 14.4. The predicted molar refractivity (Wildman–Crippen MR) is 77.7 cm³/mol. The molecule has 18 heavy (non-hydrogen) atoms. The van der Waals surface area contributed by atoms with Crippen molar-refractivity contribution in [3.05, 3.63) is 0 Å². The van der Waals surface area contributed by atoms with Gasteiger partial charge in [-0.15, -0.1) is 0 Å². The molecule has 1 heterocycles. The van der Waals surface area contributed by atoms with Crippen LogP contribution in [-0.4, -0.2) is 40.6 Å². The molecule has 0 bridgehead atoms. The molecular formula is C14H26N2OS. The van der Waals surface area contributed by atoms with E-state index in [1.165, 1.54) is 25.7 Å². The molecule has 0 aromatic carbocycles. The minimum atomic E-state index is 0.00172. The molecule has 4 heteroatoms. The zero-order valence-corrected chi connectivity index (χ0v) is 12.7. The third-order valence-corrected chi connectivity index (χ3v) is 5.84. The number of carbonyl (C=O) groups is 1. The molecule has 1 N–H and O–H groups in total. The van der Waals surface area contributed by atoms with Crippen LogP contribution in [0.25, 0.3) is 0 Å². The van der Waals surface area contributed by atoms with Gasteiger partial charge < -0.3 is 4.90 Å². The van der Waals surface area contributed by atoms with Gasteiger partial charge in [0, 0.05) is 11.3 Å². The largest absolute Gasteiger partial charge is 0.324 e. The maximum Gasteiger partial charge on any atom is 0.240 e. The van der Waals surface area contributed by atoms with Crippen LogP contribution >= 0.6 is 11.8 Å². The highest BCUT2D eigenvalue weighted by Crippen LogP contribution is 2.41. The molecule has 1 saturated carbocycles. The van der Waals surface area contributed by atoms with Crippen molar-refractivity contribution in [3.8, 4) is 0 Å². The van der Waals surface area contributed by atoms with E-state index in [1.807, 2.05) is 18.7 Å². The molecule has 2 aliphatic rings. The highest BCUT2D eigenvalue weighted by molar-refractivity contribution is 8.00. The Morgan fingerprint density at radius 1 is 1.44 bits per heavy atom. The van der Waals surface area contributed by atoms with Gasteiger partial charge in [0.15, 0.2) is 0 Å². The summed E-state index contributed by atoms with van der Waals surface area (Å²) < 4.78 is 0.327. The van der Waals surface area contributed by atoms with E-state index in [-0.39, 0.29) is 12.2 Å². The van der Waals surface area contributed by atoms with Gasteiger partial charge in [0.1, 0.15) is 0 Å². The van der Waals surface area contributed by atoms with Gasteiger partial charge in [-0.1, -0.05) is 26.2 Å². The lowest BCUT2D eigenvalue weighted by Crippen LogP contribution is -2.45. The molecule has 104 valence electrons. The second-order valence-electron chi connectivity index (χ2n) is 5.75. The van der Waals surface area contributed by atoms with E-state index in [2.05, 4.69) is 23.4 Å². The standard InChI is InChI=1S/C14H26N2OS/c1-4-7-12-15-11(2)13(17)16(12)10-14(18-3)8-5-6-9-14/h11-12,15H,4-10H2,1-3H3. The quantitative estimate of drug-likeness (QED) is 0.833. The Morgan fingerprint density at radius 3 is 2.67 bits per heavy atom. The number of hydrogen-bond acceptors (Lipinski definition) is 3. The van der Waals surface area contributed by atoms with Gasteiger partial charge in [0.2, 0.25) is 5.91 Å². The molecule has 2 atom stereocenters. The lowest BCUT2D eigenvalue weighted by atomic mass is 10.1. The first kappa shape index (κ1) is 14.2. The molecule has 2 unspecified atom stereocenters. The second-order valence-corrected chi connectivity index (χ2v) is 7.03. The average molecular weight is 270 g/mol. The van der Waals surface area contributed by atoms with E-state index < -0.39 is 0 Å². The van der Waals surface area contributed by atoms with Gasteiger partial charge in [-0.3, -0.25) is 10.1 Å². The van der Waals surface area contributed by atoms with E-state index in [4.69, 9.17) is 0 Å². The van der Waals surface area contributed by atoms with Crippen molar-refractivity contribution in [2.75, 3.05) is 12.8 Å². The number of carbonyl (C=O) groups excluding carboxylic acids is 1. The Labute approximate surface area is 115 Å². The number of hydrogen-bond donors (Lipinski definition) is 1. The summed E-state index contributed by atoms with van der Waals surface area (Å²) in [5.41, 5.74) is 0. The molecule has 1 aliphatic heterocycles. The molecule has 1 aliphatic carbocycles. The third kappa shape index (κ3) is 2.69. The first-order valence-electron chi connectivity index (χ1n) is 7.23. The second kappa shape index (κ2) is 5.83. The molecule has 0 aromatic heterocycles. The highest BCUT2D eigenvalue weighted by Gasteiger charge is 2.42. The van der Waals surface area contributed by atoms with Crippen molar-refractivity contribution in [1.29, 1.82) is 0 Å². The number of nitrogens with one attached hydrogen (secondary N) is 1. The molecule has 3 nitrogen and oxygen atoms in total. The fourth-order valence-electron chi connectivity index (χ4n) is 3.31. The van der Waals surface area contributed by atoms with Gasteiger partial charge >= 0.3 is 0 Å². The van der Waals surface area contributed by atoms with Crippen LogP contribution in [-0.2, 0) is 4.79 Å². The fraction of sp³-hybridized carbons (Fsp3) is 0.929. The van der Waals surface area contributed by atoms with Crippen molar-refractivity contribution in [1.82, 2.24) is 10.2 Å². The van der Waals surface area contributed by atoms with E-state index in [1.54, 1.807) is 0 Å². The van der Waals surface area contributed by atoms with Crippen LogP contribution < -0.4 is 5.32 Å². The van der Waals surface area contributed by atoms with Gasteiger partial charge in [0.05, 0.1) is 12.2 Å². The zero-order chi connectivity index (χ0) is 13.2. The molecule has 0 radical (unpaired) electrons. The lowest BCUT2D eigenvalue weighted by molar-refractivity contribution is -0.130. The van der Waals surface area contributed by atoms with Crippen LogP contribution in [0.5, 0.6) is 0 Å². The van der Waals surface area contributed by atoms with Crippen molar-refractivity contribution in [3.63, 3.8) is 0 Å².